The summed E-state index contributed by atoms with van der Waals surface area (Å²) in [6, 6.07) is 5.52. The molecule has 0 saturated carbocycles. The number of halogens is 1. The van der Waals surface area contributed by atoms with Gasteiger partial charge >= 0.3 is 0 Å². The Balaban J connectivity index is 2.62. The zero-order valence-electron chi connectivity index (χ0n) is 10.4. The van der Waals surface area contributed by atoms with E-state index >= 15 is 0 Å². The van der Waals surface area contributed by atoms with Gasteiger partial charge in [0.15, 0.2) is 4.77 Å². The van der Waals surface area contributed by atoms with Crippen LogP contribution in [0.4, 0.5) is 0 Å². The number of rotatable bonds is 3. The summed E-state index contributed by atoms with van der Waals surface area (Å²) in [6.07, 6.45) is 0. The molecule has 0 bridgehead atoms. The fraction of sp³-hybridized carbons (Fsp3) is 0.333. The van der Waals surface area contributed by atoms with E-state index in [9.17, 15) is 0 Å². The Hall–Kier alpha value is -1.33. The van der Waals surface area contributed by atoms with Gasteiger partial charge in [-0.3, -0.25) is 9.67 Å². The zero-order chi connectivity index (χ0) is 13.3. The molecule has 0 amide bonds. The molecule has 0 radical (unpaired) electrons. The number of nitrogens with zero attached hydrogens (tertiary/aromatic N) is 2. The molecule has 0 aliphatic heterocycles. The van der Waals surface area contributed by atoms with E-state index in [0.717, 1.165) is 11.5 Å². The second kappa shape index (κ2) is 5.12. The summed E-state index contributed by atoms with van der Waals surface area (Å²) in [4.78, 5) is 0. The third-order valence-corrected chi connectivity index (χ3v) is 3.19. The van der Waals surface area contributed by atoms with E-state index in [1.54, 1.807) is 13.2 Å². The largest absolute Gasteiger partial charge is 0.495 e. The molecule has 96 valence electrons. The predicted octanol–water partition coefficient (Wildman–Crippen LogP) is 3.72. The lowest BCUT2D eigenvalue weighted by molar-refractivity contribution is 0.415. The summed E-state index contributed by atoms with van der Waals surface area (Å²) >= 11 is 11.3. The maximum absolute atomic E-state index is 6.02. The number of aromatic amines is 1. The number of H-pyrrole nitrogens is 1. The normalized spacial score (nSPS) is 10.9. The number of ether oxygens (including phenoxy) is 1. The van der Waals surface area contributed by atoms with Gasteiger partial charge in [-0.25, -0.2) is 0 Å². The Bertz CT molecular complexity index is 618. The van der Waals surface area contributed by atoms with Crippen LogP contribution < -0.4 is 4.74 Å². The van der Waals surface area contributed by atoms with E-state index in [2.05, 4.69) is 24.0 Å². The lowest BCUT2D eigenvalue weighted by Gasteiger charge is -2.11. The molecule has 0 atom stereocenters. The molecule has 1 aromatic carbocycles. The minimum Gasteiger partial charge on any atom is -0.495 e. The molecule has 0 saturated heterocycles. The van der Waals surface area contributed by atoms with Crippen LogP contribution in [0.15, 0.2) is 18.2 Å². The first-order chi connectivity index (χ1) is 8.54. The van der Waals surface area contributed by atoms with Crippen molar-refractivity contribution in [2.24, 2.45) is 0 Å². The van der Waals surface area contributed by atoms with Crippen LogP contribution in [-0.2, 0) is 0 Å². The Kier molecular flexibility index (Phi) is 3.73. The Morgan fingerprint density at radius 1 is 1.44 bits per heavy atom. The van der Waals surface area contributed by atoms with Crippen molar-refractivity contribution in [3.63, 3.8) is 0 Å². The van der Waals surface area contributed by atoms with Crippen molar-refractivity contribution in [1.82, 2.24) is 14.8 Å². The van der Waals surface area contributed by atoms with E-state index in [4.69, 9.17) is 28.6 Å². The highest BCUT2D eigenvalue weighted by atomic mass is 35.5. The molecule has 0 aliphatic carbocycles. The van der Waals surface area contributed by atoms with Crippen LogP contribution in [0.3, 0.4) is 0 Å². The standard InChI is InChI=1S/C12H14ClN3OS/c1-7(2)11-14-15-12(18)16(11)8-4-5-9(13)10(6-8)17-3/h4-7H,1-3H3,(H,15,18). The number of hydrogen-bond acceptors (Lipinski definition) is 3. The van der Waals surface area contributed by atoms with Crippen LogP contribution in [-0.4, -0.2) is 21.9 Å². The molecule has 2 rings (SSSR count). The number of hydrogen-bond donors (Lipinski definition) is 1. The fourth-order valence-electron chi connectivity index (χ4n) is 1.73. The molecule has 1 N–H and O–H groups in total. The van der Waals surface area contributed by atoms with Crippen molar-refractivity contribution in [1.29, 1.82) is 0 Å². The van der Waals surface area contributed by atoms with Gasteiger partial charge in [-0.2, -0.15) is 5.10 Å². The molecule has 0 unspecified atom stereocenters. The average Bonchev–Trinajstić information content (AvgIpc) is 2.72. The van der Waals surface area contributed by atoms with Crippen LogP contribution in [0.2, 0.25) is 5.02 Å². The SMILES string of the molecule is COc1cc(-n2c(C(C)C)n[nH]c2=S)ccc1Cl. The van der Waals surface area contributed by atoms with Crippen molar-refractivity contribution in [2.45, 2.75) is 19.8 Å². The third-order valence-electron chi connectivity index (χ3n) is 2.61. The highest BCUT2D eigenvalue weighted by molar-refractivity contribution is 7.71. The Labute approximate surface area is 116 Å². The smallest absolute Gasteiger partial charge is 0.199 e. The molecule has 0 fully saturated rings. The summed E-state index contributed by atoms with van der Waals surface area (Å²) in [6.45, 7) is 4.13. The Morgan fingerprint density at radius 2 is 2.17 bits per heavy atom. The average molecular weight is 284 g/mol. The molecule has 4 nitrogen and oxygen atoms in total. The van der Waals surface area contributed by atoms with E-state index in [1.165, 1.54) is 0 Å². The Morgan fingerprint density at radius 3 is 2.78 bits per heavy atom. The summed E-state index contributed by atoms with van der Waals surface area (Å²) in [5, 5.41) is 7.62. The molecule has 18 heavy (non-hydrogen) atoms. The zero-order valence-corrected chi connectivity index (χ0v) is 12.0. The predicted molar refractivity (Wildman–Crippen MR) is 74.4 cm³/mol. The van der Waals surface area contributed by atoms with Gasteiger partial charge in [0.25, 0.3) is 0 Å². The van der Waals surface area contributed by atoms with Gasteiger partial charge in [0, 0.05) is 12.0 Å². The van der Waals surface area contributed by atoms with Gasteiger partial charge in [0.05, 0.1) is 17.8 Å². The second-order valence-corrected chi connectivity index (χ2v) is 4.99. The quantitative estimate of drug-likeness (QED) is 0.873. The first-order valence-corrected chi connectivity index (χ1v) is 6.34. The van der Waals surface area contributed by atoms with Crippen molar-refractivity contribution in [3.05, 3.63) is 33.8 Å². The van der Waals surface area contributed by atoms with Gasteiger partial charge in [-0.05, 0) is 24.4 Å². The third kappa shape index (κ3) is 2.28. The van der Waals surface area contributed by atoms with E-state index < -0.39 is 0 Å². The molecular weight excluding hydrogens is 270 g/mol. The van der Waals surface area contributed by atoms with Gasteiger partial charge in [0.1, 0.15) is 11.6 Å². The number of nitrogens with one attached hydrogen (secondary N) is 1. The van der Waals surface area contributed by atoms with Crippen molar-refractivity contribution < 1.29 is 4.74 Å². The lowest BCUT2D eigenvalue weighted by atomic mass is 10.2. The van der Waals surface area contributed by atoms with Crippen molar-refractivity contribution in [3.8, 4) is 11.4 Å². The number of benzene rings is 1. The minimum absolute atomic E-state index is 0.264. The van der Waals surface area contributed by atoms with Gasteiger partial charge in [-0.15, -0.1) is 0 Å². The molecule has 2 aromatic rings. The molecular formula is C12H14ClN3OS. The summed E-state index contributed by atoms with van der Waals surface area (Å²) < 4.78 is 7.66. The van der Waals surface area contributed by atoms with Gasteiger partial charge in [0.2, 0.25) is 0 Å². The minimum atomic E-state index is 0.264. The van der Waals surface area contributed by atoms with Crippen LogP contribution in [0, 0.1) is 4.77 Å². The molecule has 0 aliphatic rings. The summed E-state index contributed by atoms with van der Waals surface area (Å²) in [7, 11) is 1.59. The van der Waals surface area contributed by atoms with E-state index in [1.807, 2.05) is 16.7 Å². The molecule has 1 heterocycles. The van der Waals surface area contributed by atoms with E-state index in [0.29, 0.717) is 15.5 Å². The van der Waals surface area contributed by atoms with Crippen molar-refractivity contribution in [2.75, 3.05) is 7.11 Å². The monoisotopic (exact) mass is 283 g/mol. The highest BCUT2D eigenvalue weighted by Gasteiger charge is 2.13. The van der Waals surface area contributed by atoms with Crippen molar-refractivity contribution >= 4 is 23.8 Å². The molecule has 0 spiro atoms. The number of aromatic nitrogens is 3. The van der Waals surface area contributed by atoms with Crippen LogP contribution >= 0.6 is 23.8 Å². The summed E-state index contributed by atoms with van der Waals surface area (Å²) in [5.41, 5.74) is 0.888. The fourth-order valence-corrected chi connectivity index (χ4v) is 2.17. The van der Waals surface area contributed by atoms with Crippen LogP contribution in [0.1, 0.15) is 25.6 Å². The first kappa shape index (κ1) is 13.1. The lowest BCUT2D eigenvalue weighted by Crippen LogP contribution is -2.03. The summed E-state index contributed by atoms with van der Waals surface area (Å²) in [5.74, 6) is 1.76. The second-order valence-electron chi connectivity index (χ2n) is 4.20. The van der Waals surface area contributed by atoms with Gasteiger partial charge in [-0.1, -0.05) is 25.4 Å². The van der Waals surface area contributed by atoms with E-state index in [-0.39, 0.29) is 5.92 Å². The van der Waals surface area contributed by atoms with Gasteiger partial charge < -0.3 is 4.74 Å². The highest BCUT2D eigenvalue weighted by Crippen LogP contribution is 2.28. The topological polar surface area (TPSA) is 42.8 Å². The first-order valence-electron chi connectivity index (χ1n) is 5.55. The molecule has 6 heteroatoms. The van der Waals surface area contributed by atoms with Crippen LogP contribution in [0.25, 0.3) is 5.69 Å². The maximum Gasteiger partial charge on any atom is 0.199 e. The maximum atomic E-state index is 6.02. The number of methoxy groups -OCH3 is 1. The molecule has 1 aromatic heterocycles. The van der Waals surface area contributed by atoms with Crippen LogP contribution in [0.5, 0.6) is 5.75 Å².